The Balaban J connectivity index is 0.00000249. The second-order valence-corrected chi connectivity index (χ2v) is 15.6. The number of phenolic OH excluding ortho intramolecular Hbond substituents is 1. The first kappa shape index (κ1) is 50.2. The molecule has 0 spiro atoms. The molecular weight excluding hydrogens is 801 g/mol. The first-order valence-electron chi connectivity index (χ1n) is 17.0. The Morgan fingerprint density at radius 2 is 1.52 bits per heavy atom. The number of halogens is 3. The van der Waals surface area contributed by atoms with Gasteiger partial charge in [-0.2, -0.15) is 0 Å². The predicted octanol–water partition coefficient (Wildman–Crippen LogP) is 3.97. The van der Waals surface area contributed by atoms with Crippen molar-refractivity contribution in [2.75, 3.05) is 7.11 Å². The summed E-state index contributed by atoms with van der Waals surface area (Å²) in [6, 6.07) is 0. The highest BCUT2D eigenvalue weighted by Crippen LogP contribution is 2.48. The van der Waals surface area contributed by atoms with Gasteiger partial charge in [-0.05, 0) is 19.9 Å². The van der Waals surface area contributed by atoms with E-state index in [2.05, 4.69) is 5.32 Å². The summed E-state index contributed by atoms with van der Waals surface area (Å²) in [6.45, 7) is 12.3. The number of carbonyl (C=O) groups is 5. The van der Waals surface area contributed by atoms with E-state index >= 15 is 0 Å². The number of hydrogen-bond acceptors (Lipinski definition) is 12. The number of alkyl halides is 3. The van der Waals surface area contributed by atoms with Gasteiger partial charge >= 0.3 is 11.8 Å². The largest absolute Gasteiger partial charge is 0.507 e. The zero-order chi connectivity index (χ0) is 41.0. The minimum Gasteiger partial charge on any atom is -0.507 e. The topological polar surface area (TPSA) is 258 Å². The highest BCUT2D eigenvalue weighted by atomic mass is 35.6. The number of phenols is 1. The molecule has 0 unspecified atom stereocenters. The van der Waals surface area contributed by atoms with Crippen LogP contribution in [-0.4, -0.2) is 97.1 Å². The summed E-state index contributed by atoms with van der Waals surface area (Å²) in [6.07, 6.45) is 4.31. The van der Waals surface area contributed by atoms with Crippen molar-refractivity contribution >= 4 is 64.0 Å². The summed E-state index contributed by atoms with van der Waals surface area (Å²) in [7, 11) is 1.42. The van der Waals surface area contributed by atoms with Crippen molar-refractivity contribution < 1.29 is 69.2 Å². The lowest BCUT2D eigenvalue weighted by molar-refractivity contribution is -0.160. The summed E-state index contributed by atoms with van der Waals surface area (Å²) < 4.78 is 22.3. The lowest BCUT2D eigenvalue weighted by Gasteiger charge is -2.38. The standard InChI is InChI=1S/C37H45NO12.CHCl3.2H2O/c1-16-11-10-12-17(2)36(46)38-23-15-24(40)26-27(32(23)44)31(43)21(6)34-28(26)35(45)37(8,50-34)48-14-13-25(47-9)18(3)33(49-22(7)39)20(5)30(42)19(4)29(16)41;2-1(3)4;;/h10-16,18-20,25,29-30,33,41-43H,1-9H3,(H,38,46);1H;2*1H2/b11-10+,14-13+,17-12-;;;/t16-,18+,19+,20+,25-,29-,30+,33+,37-;;;/m0.../s1. The number of amides is 1. The van der Waals surface area contributed by atoms with Crippen molar-refractivity contribution in [1.82, 2.24) is 5.32 Å². The molecule has 15 nitrogen and oxygen atoms in total. The van der Waals surface area contributed by atoms with Crippen LogP contribution >= 0.6 is 34.8 Å². The minimum absolute atomic E-state index is 0. The molecule has 5 rings (SSSR count). The average Bonchev–Trinajstić information content (AvgIpc) is 3.36. The number of fused-ring (bicyclic) bond motifs is 14. The third kappa shape index (κ3) is 10.8. The van der Waals surface area contributed by atoms with E-state index in [1.54, 1.807) is 39.8 Å². The van der Waals surface area contributed by atoms with Gasteiger partial charge in [0.05, 0.1) is 47.0 Å². The zero-order valence-corrected chi connectivity index (χ0v) is 34.6. The number of aliphatic hydroxyl groups excluding tert-OH is 2. The summed E-state index contributed by atoms with van der Waals surface area (Å²) in [4.78, 5) is 66.2. The summed E-state index contributed by atoms with van der Waals surface area (Å²) in [5.74, 6) is -8.99. The first-order valence-corrected chi connectivity index (χ1v) is 18.3. The van der Waals surface area contributed by atoms with Crippen molar-refractivity contribution in [2.24, 2.45) is 23.7 Å². The van der Waals surface area contributed by atoms with Crippen molar-refractivity contribution in [2.45, 2.75) is 89.9 Å². The first-order chi connectivity index (χ1) is 25.1. The van der Waals surface area contributed by atoms with E-state index in [4.69, 9.17) is 53.8 Å². The lowest BCUT2D eigenvalue weighted by Crippen LogP contribution is -2.46. The van der Waals surface area contributed by atoms with Gasteiger partial charge in [-0.1, -0.05) is 80.7 Å². The molecule has 1 aromatic carbocycles. The van der Waals surface area contributed by atoms with Gasteiger partial charge in [0.15, 0.2) is 10.1 Å². The van der Waals surface area contributed by atoms with Crippen molar-refractivity contribution in [3.8, 4) is 11.5 Å². The van der Waals surface area contributed by atoms with E-state index in [-0.39, 0.29) is 39.0 Å². The fourth-order valence-electron chi connectivity index (χ4n) is 6.62. The molecule has 0 radical (unpaired) electrons. The third-order valence-electron chi connectivity index (χ3n) is 9.80. The van der Waals surface area contributed by atoms with Crippen LogP contribution in [0.5, 0.6) is 11.5 Å². The number of nitrogens with one attached hydrogen (secondary N) is 1. The van der Waals surface area contributed by atoms with Gasteiger partial charge < -0.3 is 50.5 Å². The molecule has 8 N–H and O–H groups in total. The van der Waals surface area contributed by atoms with Crippen LogP contribution < -0.4 is 10.1 Å². The Kier molecular flexibility index (Phi) is 18.4. The summed E-state index contributed by atoms with van der Waals surface area (Å²) in [5.41, 5.74) is -1.31. The van der Waals surface area contributed by atoms with Gasteiger partial charge in [-0.25, -0.2) is 0 Å². The molecular formula is C38H50Cl3NO14. The van der Waals surface area contributed by atoms with Crippen LogP contribution in [-0.2, 0) is 23.8 Å². The molecule has 3 heterocycles. The summed E-state index contributed by atoms with van der Waals surface area (Å²) >= 11 is 14.4. The second kappa shape index (κ2) is 20.6. The lowest BCUT2D eigenvalue weighted by atomic mass is 9.78. The Bertz CT molecular complexity index is 1790. The number of allylic oxidation sites excluding steroid dienone is 4. The van der Waals surface area contributed by atoms with Gasteiger partial charge in [0.25, 0.3) is 11.7 Å². The molecule has 1 aliphatic carbocycles. The Morgan fingerprint density at radius 1 is 0.929 bits per heavy atom. The van der Waals surface area contributed by atoms with Gasteiger partial charge in [0.2, 0.25) is 5.78 Å². The Morgan fingerprint density at radius 3 is 2.07 bits per heavy atom. The number of hydrogen-bond donors (Lipinski definition) is 4. The molecule has 18 heteroatoms. The van der Waals surface area contributed by atoms with Gasteiger partial charge in [0, 0.05) is 61.8 Å². The molecule has 1 amide bonds. The maximum Gasteiger partial charge on any atom is 0.312 e. The monoisotopic (exact) mass is 849 g/mol. The van der Waals surface area contributed by atoms with E-state index < -0.39 is 104 Å². The number of methoxy groups -OCH3 is 1. The highest BCUT2D eigenvalue weighted by Gasteiger charge is 2.51. The predicted molar refractivity (Wildman–Crippen MR) is 208 cm³/mol. The smallest absolute Gasteiger partial charge is 0.312 e. The van der Waals surface area contributed by atoms with Crippen LogP contribution in [0.1, 0.15) is 85.1 Å². The summed E-state index contributed by atoms with van der Waals surface area (Å²) in [5, 5.41) is 36.1. The molecule has 4 aliphatic rings. The zero-order valence-electron chi connectivity index (χ0n) is 32.3. The van der Waals surface area contributed by atoms with E-state index in [1.165, 1.54) is 47.0 Å². The van der Waals surface area contributed by atoms with E-state index in [0.717, 1.165) is 12.3 Å². The highest BCUT2D eigenvalue weighted by molar-refractivity contribution is 6.63. The van der Waals surface area contributed by atoms with Crippen LogP contribution in [0.3, 0.4) is 0 Å². The Labute approximate surface area is 339 Å². The molecule has 0 saturated carbocycles. The number of aliphatic hydroxyl groups is 2. The van der Waals surface area contributed by atoms with Crippen LogP contribution in [0.4, 0.5) is 0 Å². The fourth-order valence-corrected chi connectivity index (χ4v) is 6.62. The second-order valence-electron chi connectivity index (χ2n) is 13.6. The molecule has 5 bridgehead atoms. The maximum atomic E-state index is 13.9. The SMILES string of the molecule is CO[C@H]1/C=C/O[C@@]2(C)Oc3c(C)c(O)c4c(c3C2=O)C(=O)C=C(NC(=O)/C(C)=C\C=C\[C@H](C)[C@H](O)[C@@H](C)[C@@H](O)[C@@H](C)[C@H](OC(C)=O)[C@@H]1C)C4=O.ClC(Cl)Cl.O.O. The molecule has 0 aromatic heterocycles. The van der Waals surface area contributed by atoms with Gasteiger partial charge in [-0.15, -0.1) is 0 Å². The van der Waals surface area contributed by atoms with Crippen LogP contribution in [0.15, 0.2) is 47.9 Å². The number of ketones is 3. The molecule has 3 aliphatic heterocycles. The van der Waals surface area contributed by atoms with Gasteiger partial charge in [-0.3, -0.25) is 24.0 Å². The number of benzene rings is 1. The van der Waals surface area contributed by atoms with Crippen molar-refractivity contribution in [1.29, 1.82) is 0 Å². The van der Waals surface area contributed by atoms with E-state index in [0.29, 0.717) is 0 Å². The normalized spacial score (nSPS) is 31.4. The molecule has 56 heavy (non-hydrogen) atoms. The molecule has 0 saturated heterocycles. The maximum absolute atomic E-state index is 13.9. The number of Topliss-reactive ketones (excluding diaryl/α,β-unsaturated/α-hetero) is 2. The molecule has 1 aromatic rings. The molecule has 312 valence electrons. The third-order valence-corrected chi connectivity index (χ3v) is 9.80. The van der Waals surface area contributed by atoms with Crippen molar-refractivity contribution in [3.63, 3.8) is 0 Å². The number of aromatic hydroxyl groups is 1. The average molecular weight is 851 g/mol. The minimum atomic E-state index is -2.03. The molecule has 0 fully saturated rings. The number of rotatable bonds is 2. The van der Waals surface area contributed by atoms with Crippen LogP contribution in [0.25, 0.3) is 0 Å². The van der Waals surface area contributed by atoms with Crippen LogP contribution in [0.2, 0.25) is 0 Å². The van der Waals surface area contributed by atoms with Crippen LogP contribution in [0, 0.1) is 30.6 Å². The van der Waals surface area contributed by atoms with Gasteiger partial charge in [0.1, 0.15) is 17.6 Å². The van der Waals surface area contributed by atoms with Crippen molar-refractivity contribution in [3.05, 3.63) is 70.2 Å². The Hall–Kier alpha value is -3.80. The van der Waals surface area contributed by atoms with E-state index in [9.17, 15) is 39.3 Å². The fraction of sp³-hybridized carbons (Fsp3) is 0.500. The molecule has 9 atom stereocenters. The number of esters is 1. The number of ether oxygens (including phenoxy) is 4. The number of carbonyl (C=O) groups excluding carboxylic acids is 5. The van der Waals surface area contributed by atoms with E-state index in [1.807, 2.05) is 0 Å². The quantitative estimate of drug-likeness (QED) is 0.244.